The Hall–Kier alpha value is -1.25. The molecule has 2 rings (SSSR count). The fourth-order valence-corrected chi connectivity index (χ4v) is 2.11. The molecule has 2 heterocycles. The molecule has 1 aliphatic rings. The third-order valence-electron chi connectivity index (χ3n) is 3.01. The maximum Gasteiger partial charge on any atom is 0.172 e. The van der Waals surface area contributed by atoms with Gasteiger partial charge in [0.1, 0.15) is 6.61 Å². The number of anilines is 1. The first-order valence-electron chi connectivity index (χ1n) is 5.99. The van der Waals surface area contributed by atoms with Crippen molar-refractivity contribution in [3.05, 3.63) is 17.8 Å². The summed E-state index contributed by atoms with van der Waals surface area (Å²) >= 11 is 0. The topological polar surface area (TPSA) is 25.4 Å². The molecule has 0 unspecified atom stereocenters. The highest BCUT2D eigenvalue weighted by atomic mass is 16.5. The Morgan fingerprint density at radius 3 is 2.69 bits per heavy atom. The molecule has 0 saturated heterocycles. The second-order valence-electron chi connectivity index (χ2n) is 4.84. The Morgan fingerprint density at radius 1 is 1.31 bits per heavy atom. The van der Waals surface area contributed by atoms with Crippen LogP contribution in [-0.4, -0.2) is 24.2 Å². The number of fused-ring (bicyclic) bond motifs is 1. The zero-order chi connectivity index (χ0) is 11.7. The Kier molecular flexibility index (Phi) is 3.03. The van der Waals surface area contributed by atoms with Gasteiger partial charge in [0, 0.05) is 17.8 Å². The Balaban J connectivity index is 2.46. The van der Waals surface area contributed by atoms with E-state index in [2.05, 4.69) is 43.6 Å². The maximum atomic E-state index is 5.79. The molecule has 0 atom stereocenters. The molecular formula is C13H20N2O. The summed E-state index contributed by atoms with van der Waals surface area (Å²) in [5, 5.41) is 0. The van der Waals surface area contributed by atoms with Gasteiger partial charge in [-0.25, -0.2) is 4.98 Å². The third kappa shape index (κ3) is 1.86. The molecule has 0 bridgehead atoms. The van der Waals surface area contributed by atoms with Crippen LogP contribution in [0.15, 0.2) is 12.3 Å². The van der Waals surface area contributed by atoms with Crippen molar-refractivity contribution in [2.45, 2.75) is 39.7 Å². The van der Waals surface area contributed by atoms with Crippen molar-refractivity contribution in [2.24, 2.45) is 0 Å². The van der Waals surface area contributed by atoms with Crippen LogP contribution in [0.3, 0.4) is 0 Å². The summed E-state index contributed by atoms with van der Waals surface area (Å²) < 4.78 is 5.79. The lowest BCUT2D eigenvalue weighted by Crippen LogP contribution is -2.38. The number of ether oxygens (including phenoxy) is 1. The van der Waals surface area contributed by atoms with Crippen molar-refractivity contribution >= 4 is 5.82 Å². The molecule has 16 heavy (non-hydrogen) atoms. The molecule has 1 aromatic rings. The zero-order valence-electron chi connectivity index (χ0n) is 10.5. The van der Waals surface area contributed by atoms with Crippen molar-refractivity contribution in [3.63, 3.8) is 0 Å². The van der Waals surface area contributed by atoms with E-state index in [1.54, 1.807) is 0 Å². The SMILES string of the molecule is CC(C)c1ccnc2c1OCCN2C(C)C. The van der Waals surface area contributed by atoms with Gasteiger partial charge in [0.2, 0.25) is 0 Å². The summed E-state index contributed by atoms with van der Waals surface area (Å²) in [4.78, 5) is 6.78. The van der Waals surface area contributed by atoms with E-state index in [4.69, 9.17) is 4.74 Å². The molecule has 0 saturated carbocycles. The molecule has 0 spiro atoms. The standard InChI is InChI=1S/C13H20N2O/c1-9(2)11-5-6-14-13-12(11)16-8-7-15(13)10(3)4/h5-6,9-10H,7-8H2,1-4H3. The van der Waals surface area contributed by atoms with Crippen LogP contribution in [0, 0.1) is 0 Å². The molecule has 0 aromatic carbocycles. The van der Waals surface area contributed by atoms with Gasteiger partial charge in [-0.3, -0.25) is 0 Å². The first-order valence-corrected chi connectivity index (χ1v) is 5.99. The highest BCUT2D eigenvalue weighted by Crippen LogP contribution is 2.37. The number of nitrogens with zero attached hydrogens (tertiary/aromatic N) is 2. The van der Waals surface area contributed by atoms with Crippen LogP contribution < -0.4 is 9.64 Å². The lowest BCUT2D eigenvalue weighted by molar-refractivity contribution is 0.296. The maximum absolute atomic E-state index is 5.79. The molecule has 0 fully saturated rings. The zero-order valence-corrected chi connectivity index (χ0v) is 10.5. The van der Waals surface area contributed by atoms with Gasteiger partial charge in [-0.15, -0.1) is 0 Å². The quantitative estimate of drug-likeness (QED) is 0.766. The van der Waals surface area contributed by atoms with Crippen LogP contribution in [0.25, 0.3) is 0 Å². The first-order chi connectivity index (χ1) is 7.61. The van der Waals surface area contributed by atoms with Gasteiger partial charge >= 0.3 is 0 Å². The van der Waals surface area contributed by atoms with Crippen LogP contribution in [0.1, 0.15) is 39.2 Å². The van der Waals surface area contributed by atoms with Gasteiger partial charge in [-0.1, -0.05) is 13.8 Å². The fourth-order valence-electron chi connectivity index (χ4n) is 2.11. The molecule has 0 amide bonds. The van der Waals surface area contributed by atoms with Crippen LogP contribution in [0.4, 0.5) is 5.82 Å². The summed E-state index contributed by atoms with van der Waals surface area (Å²) in [5.74, 6) is 2.47. The van der Waals surface area contributed by atoms with E-state index in [-0.39, 0.29) is 0 Å². The average Bonchev–Trinajstić information content (AvgIpc) is 2.27. The third-order valence-corrected chi connectivity index (χ3v) is 3.01. The molecule has 3 nitrogen and oxygen atoms in total. The van der Waals surface area contributed by atoms with E-state index in [0.29, 0.717) is 12.0 Å². The molecule has 0 N–H and O–H groups in total. The van der Waals surface area contributed by atoms with Gasteiger partial charge in [0.15, 0.2) is 11.6 Å². The number of aromatic nitrogens is 1. The van der Waals surface area contributed by atoms with Crippen molar-refractivity contribution < 1.29 is 4.74 Å². The first kappa shape index (κ1) is 11.2. The van der Waals surface area contributed by atoms with E-state index in [1.165, 1.54) is 5.56 Å². The minimum absolute atomic E-state index is 0.470. The second-order valence-corrected chi connectivity index (χ2v) is 4.84. The normalized spacial score (nSPS) is 15.2. The van der Waals surface area contributed by atoms with E-state index in [1.807, 2.05) is 6.20 Å². The summed E-state index contributed by atoms with van der Waals surface area (Å²) in [5.41, 5.74) is 1.26. The largest absolute Gasteiger partial charge is 0.488 e. The van der Waals surface area contributed by atoms with Gasteiger partial charge in [-0.05, 0) is 25.8 Å². The van der Waals surface area contributed by atoms with Crippen LogP contribution in [0.2, 0.25) is 0 Å². The average molecular weight is 220 g/mol. The smallest absolute Gasteiger partial charge is 0.172 e. The monoisotopic (exact) mass is 220 g/mol. The number of rotatable bonds is 2. The van der Waals surface area contributed by atoms with E-state index < -0.39 is 0 Å². The van der Waals surface area contributed by atoms with E-state index in [0.717, 1.165) is 24.7 Å². The van der Waals surface area contributed by atoms with Crippen molar-refractivity contribution in [1.29, 1.82) is 0 Å². The molecule has 0 aliphatic carbocycles. The molecular weight excluding hydrogens is 200 g/mol. The summed E-state index contributed by atoms with van der Waals surface area (Å²) in [6, 6.07) is 2.53. The minimum Gasteiger partial charge on any atom is -0.488 e. The van der Waals surface area contributed by atoms with Gasteiger partial charge in [0.25, 0.3) is 0 Å². The molecule has 88 valence electrons. The molecule has 1 aliphatic heterocycles. The number of pyridine rings is 1. The fraction of sp³-hybridized carbons (Fsp3) is 0.615. The lowest BCUT2D eigenvalue weighted by Gasteiger charge is -2.34. The van der Waals surface area contributed by atoms with E-state index >= 15 is 0 Å². The molecule has 1 aromatic heterocycles. The molecule has 0 radical (unpaired) electrons. The van der Waals surface area contributed by atoms with Crippen LogP contribution in [0.5, 0.6) is 5.75 Å². The summed E-state index contributed by atoms with van der Waals surface area (Å²) in [6.07, 6.45) is 1.89. The van der Waals surface area contributed by atoms with E-state index in [9.17, 15) is 0 Å². The highest BCUT2D eigenvalue weighted by Gasteiger charge is 2.24. The number of hydrogen-bond donors (Lipinski definition) is 0. The Morgan fingerprint density at radius 2 is 2.06 bits per heavy atom. The van der Waals surface area contributed by atoms with Gasteiger partial charge in [-0.2, -0.15) is 0 Å². The minimum atomic E-state index is 0.470. The van der Waals surface area contributed by atoms with Crippen molar-refractivity contribution in [3.8, 4) is 5.75 Å². The predicted molar refractivity (Wildman–Crippen MR) is 66.3 cm³/mol. The predicted octanol–water partition coefficient (Wildman–Crippen LogP) is 2.81. The highest BCUT2D eigenvalue weighted by molar-refractivity contribution is 5.59. The molecule has 3 heteroatoms. The Labute approximate surface area is 97.4 Å². The van der Waals surface area contributed by atoms with Crippen LogP contribution in [-0.2, 0) is 0 Å². The van der Waals surface area contributed by atoms with Crippen molar-refractivity contribution in [1.82, 2.24) is 4.98 Å². The summed E-state index contributed by atoms with van der Waals surface area (Å²) in [7, 11) is 0. The van der Waals surface area contributed by atoms with Gasteiger partial charge < -0.3 is 9.64 Å². The van der Waals surface area contributed by atoms with Gasteiger partial charge in [0.05, 0.1) is 6.54 Å². The number of hydrogen-bond acceptors (Lipinski definition) is 3. The van der Waals surface area contributed by atoms with Crippen LogP contribution >= 0.6 is 0 Å². The lowest BCUT2D eigenvalue weighted by atomic mass is 10.0. The second kappa shape index (κ2) is 4.32. The Bertz CT molecular complexity index is 374. The summed E-state index contributed by atoms with van der Waals surface area (Å²) in [6.45, 7) is 10.5. The van der Waals surface area contributed by atoms with Crippen molar-refractivity contribution in [2.75, 3.05) is 18.1 Å².